The third kappa shape index (κ3) is 4.05. The number of rotatable bonds is 7. The van der Waals surface area contributed by atoms with Crippen LogP contribution in [0, 0.1) is 5.92 Å². The van der Waals surface area contributed by atoms with E-state index >= 15 is 0 Å². The lowest BCUT2D eigenvalue weighted by molar-refractivity contribution is -0.138. The van der Waals surface area contributed by atoms with Crippen molar-refractivity contribution in [3.63, 3.8) is 0 Å². The van der Waals surface area contributed by atoms with Gasteiger partial charge in [0.15, 0.2) is 0 Å². The summed E-state index contributed by atoms with van der Waals surface area (Å²) in [7, 11) is 3.21. The van der Waals surface area contributed by atoms with Crippen LogP contribution in [0.2, 0.25) is 0 Å². The Balaban J connectivity index is 1.71. The van der Waals surface area contributed by atoms with Crippen molar-refractivity contribution < 1.29 is 24.2 Å². The second-order valence-electron chi connectivity index (χ2n) is 6.73. The highest BCUT2D eigenvalue weighted by molar-refractivity contribution is 5.95. The summed E-state index contributed by atoms with van der Waals surface area (Å²) in [6.07, 6.45) is 0.737. The third-order valence-electron chi connectivity index (χ3n) is 4.99. The zero-order valence-corrected chi connectivity index (χ0v) is 15.6. The topological polar surface area (TPSA) is 84.9 Å². The third-order valence-corrected chi connectivity index (χ3v) is 4.99. The molecule has 6 nitrogen and oxygen atoms in total. The number of hydrogen-bond acceptors (Lipinski definition) is 4. The Kier molecular flexibility index (Phi) is 5.35. The fourth-order valence-corrected chi connectivity index (χ4v) is 3.22. The van der Waals surface area contributed by atoms with Crippen molar-refractivity contribution in [2.45, 2.75) is 25.2 Å². The van der Waals surface area contributed by atoms with Crippen LogP contribution in [0.1, 0.15) is 36.3 Å². The Bertz CT molecular complexity index is 863. The molecule has 0 bridgehead atoms. The van der Waals surface area contributed by atoms with E-state index in [1.807, 2.05) is 18.2 Å². The van der Waals surface area contributed by atoms with Gasteiger partial charge in [0.05, 0.1) is 20.1 Å². The first-order valence-corrected chi connectivity index (χ1v) is 8.80. The molecule has 0 aromatic heterocycles. The van der Waals surface area contributed by atoms with Crippen LogP contribution in [0.15, 0.2) is 42.5 Å². The lowest BCUT2D eigenvalue weighted by Crippen LogP contribution is -2.15. The van der Waals surface area contributed by atoms with E-state index in [-0.39, 0.29) is 17.7 Å². The number of carboxylic acids is 1. The summed E-state index contributed by atoms with van der Waals surface area (Å²) in [5.74, 6) is -0.198. The van der Waals surface area contributed by atoms with E-state index in [9.17, 15) is 9.59 Å². The van der Waals surface area contributed by atoms with Crippen LogP contribution in [0.5, 0.6) is 11.5 Å². The van der Waals surface area contributed by atoms with Crippen LogP contribution in [0.4, 0.5) is 5.69 Å². The molecule has 1 saturated carbocycles. The van der Waals surface area contributed by atoms with Gasteiger partial charge < -0.3 is 19.9 Å². The highest BCUT2D eigenvalue weighted by Gasteiger charge is 2.45. The van der Waals surface area contributed by atoms with Gasteiger partial charge in [0, 0.05) is 23.1 Å². The van der Waals surface area contributed by atoms with Gasteiger partial charge in [0.2, 0.25) is 5.91 Å². The zero-order valence-electron chi connectivity index (χ0n) is 15.6. The maximum Gasteiger partial charge on any atom is 0.310 e. The molecule has 2 N–H and O–H groups in total. The molecule has 1 aliphatic carbocycles. The number of anilines is 1. The van der Waals surface area contributed by atoms with Gasteiger partial charge in [-0.05, 0) is 49.2 Å². The molecule has 1 amide bonds. The number of nitrogens with one attached hydrogen (secondary N) is 1. The van der Waals surface area contributed by atoms with Crippen LogP contribution in [0.25, 0.3) is 0 Å². The number of carbonyl (C=O) groups is 2. The molecule has 0 spiro atoms. The molecule has 0 heterocycles. The summed E-state index contributed by atoms with van der Waals surface area (Å²) in [5, 5.41) is 12.0. The summed E-state index contributed by atoms with van der Waals surface area (Å²) >= 11 is 0. The number of carbonyl (C=O) groups excluding carboxylic acids is 1. The van der Waals surface area contributed by atoms with Gasteiger partial charge >= 0.3 is 5.97 Å². The van der Waals surface area contributed by atoms with Crippen molar-refractivity contribution in [1.82, 2.24) is 0 Å². The molecular weight excluding hydrogens is 346 g/mol. The average molecular weight is 369 g/mol. The summed E-state index contributed by atoms with van der Waals surface area (Å²) in [6, 6.07) is 12.5. The van der Waals surface area contributed by atoms with Crippen molar-refractivity contribution >= 4 is 17.6 Å². The van der Waals surface area contributed by atoms with Crippen LogP contribution in [-0.4, -0.2) is 31.2 Å². The second-order valence-corrected chi connectivity index (χ2v) is 6.73. The molecule has 142 valence electrons. The number of ether oxygens (including phenoxy) is 2. The molecular formula is C21H23NO5. The molecule has 6 heteroatoms. The predicted molar refractivity (Wildman–Crippen MR) is 102 cm³/mol. The Labute approximate surface area is 158 Å². The standard InChI is InChI=1S/C21H23NO5/c1-12(21(24)25)13-5-4-6-14(9-13)22-20(23)18-11-16(18)17-10-15(26-2)7-8-19(17)27-3/h4-10,12,16,18H,11H2,1-3H3,(H,22,23)(H,24,25). The summed E-state index contributed by atoms with van der Waals surface area (Å²) in [6.45, 7) is 1.62. The lowest BCUT2D eigenvalue weighted by Gasteiger charge is -2.11. The molecule has 3 atom stereocenters. The van der Waals surface area contributed by atoms with E-state index in [1.54, 1.807) is 45.4 Å². The fraction of sp³-hybridized carbons (Fsp3) is 0.333. The maximum atomic E-state index is 12.6. The van der Waals surface area contributed by atoms with E-state index in [2.05, 4.69) is 5.32 Å². The summed E-state index contributed by atoms with van der Waals surface area (Å²) < 4.78 is 10.7. The van der Waals surface area contributed by atoms with Crippen LogP contribution in [0.3, 0.4) is 0 Å². The largest absolute Gasteiger partial charge is 0.497 e. The Morgan fingerprint density at radius 2 is 1.93 bits per heavy atom. The smallest absolute Gasteiger partial charge is 0.310 e. The molecule has 0 saturated heterocycles. The number of methoxy groups -OCH3 is 2. The highest BCUT2D eigenvalue weighted by Crippen LogP contribution is 2.51. The minimum absolute atomic E-state index is 0.0787. The Morgan fingerprint density at radius 3 is 2.59 bits per heavy atom. The lowest BCUT2D eigenvalue weighted by atomic mass is 10.0. The molecule has 3 rings (SSSR count). The van der Waals surface area contributed by atoms with Crippen molar-refractivity contribution in [3.05, 3.63) is 53.6 Å². The molecule has 0 radical (unpaired) electrons. The Morgan fingerprint density at radius 1 is 1.15 bits per heavy atom. The first-order chi connectivity index (χ1) is 12.9. The van der Waals surface area contributed by atoms with Crippen LogP contribution in [-0.2, 0) is 9.59 Å². The maximum absolute atomic E-state index is 12.6. The highest BCUT2D eigenvalue weighted by atomic mass is 16.5. The predicted octanol–water partition coefficient (Wildman–Crippen LogP) is 3.63. The average Bonchev–Trinajstić information content (AvgIpc) is 3.47. The van der Waals surface area contributed by atoms with Gasteiger partial charge in [0.25, 0.3) is 0 Å². The number of amides is 1. The number of benzene rings is 2. The van der Waals surface area contributed by atoms with Gasteiger partial charge in [-0.1, -0.05) is 12.1 Å². The first kappa shape index (κ1) is 18.8. The van der Waals surface area contributed by atoms with E-state index < -0.39 is 11.9 Å². The summed E-state index contributed by atoms with van der Waals surface area (Å²) in [4.78, 5) is 23.8. The molecule has 2 aromatic rings. The minimum atomic E-state index is -0.897. The van der Waals surface area contributed by atoms with E-state index in [0.717, 1.165) is 23.5 Å². The van der Waals surface area contributed by atoms with Gasteiger partial charge in [-0.3, -0.25) is 9.59 Å². The SMILES string of the molecule is COc1ccc(OC)c(C2CC2C(=O)Nc2cccc(C(C)C(=O)O)c2)c1. The minimum Gasteiger partial charge on any atom is -0.497 e. The van der Waals surface area contributed by atoms with Crippen molar-refractivity contribution in [2.24, 2.45) is 5.92 Å². The van der Waals surface area contributed by atoms with Crippen LogP contribution >= 0.6 is 0 Å². The second kappa shape index (κ2) is 7.70. The van der Waals surface area contributed by atoms with Crippen molar-refractivity contribution in [3.8, 4) is 11.5 Å². The van der Waals surface area contributed by atoms with Crippen molar-refractivity contribution in [2.75, 3.05) is 19.5 Å². The van der Waals surface area contributed by atoms with Crippen LogP contribution < -0.4 is 14.8 Å². The number of aliphatic carboxylic acids is 1. The number of carboxylic acid groups (broad SMARTS) is 1. The molecule has 2 aromatic carbocycles. The quantitative estimate of drug-likeness (QED) is 0.778. The molecule has 3 unspecified atom stereocenters. The molecule has 0 aliphatic heterocycles. The van der Waals surface area contributed by atoms with Gasteiger partial charge in [-0.2, -0.15) is 0 Å². The van der Waals surface area contributed by atoms with E-state index in [4.69, 9.17) is 14.6 Å². The first-order valence-electron chi connectivity index (χ1n) is 8.80. The monoisotopic (exact) mass is 369 g/mol. The summed E-state index contributed by atoms with van der Waals surface area (Å²) in [5.41, 5.74) is 2.22. The van der Waals surface area contributed by atoms with Gasteiger partial charge in [-0.25, -0.2) is 0 Å². The number of hydrogen-bond donors (Lipinski definition) is 2. The zero-order chi connectivity index (χ0) is 19.6. The van der Waals surface area contributed by atoms with Crippen molar-refractivity contribution in [1.29, 1.82) is 0 Å². The fourth-order valence-electron chi connectivity index (χ4n) is 3.22. The van der Waals surface area contributed by atoms with Gasteiger partial charge in [0.1, 0.15) is 11.5 Å². The molecule has 1 fully saturated rings. The van der Waals surface area contributed by atoms with Gasteiger partial charge in [-0.15, -0.1) is 0 Å². The normalized spacial score (nSPS) is 19.1. The molecule has 1 aliphatic rings. The van der Waals surface area contributed by atoms with E-state index in [1.165, 1.54) is 0 Å². The molecule has 27 heavy (non-hydrogen) atoms. The Hall–Kier alpha value is -3.02. The van der Waals surface area contributed by atoms with E-state index in [0.29, 0.717) is 11.3 Å².